The number of fused-ring (bicyclic) bond motifs is 2. The number of rotatable bonds is 11. The van der Waals surface area contributed by atoms with Gasteiger partial charge in [0, 0.05) is 69.2 Å². The molecule has 4 aromatic carbocycles. The maximum Gasteiger partial charge on any atom is 0.188 e. The largest absolute Gasteiger partial charge is 0.491 e. The smallest absolute Gasteiger partial charge is 0.188 e. The van der Waals surface area contributed by atoms with Crippen LogP contribution in [-0.2, 0) is 21.3 Å². The van der Waals surface area contributed by atoms with Crippen molar-refractivity contribution in [2.75, 3.05) is 40.6 Å². The van der Waals surface area contributed by atoms with Gasteiger partial charge in [-0.2, -0.15) is 0 Å². The second-order valence-electron chi connectivity index (χ2n) is 10.5. The Balaban J connectivity index is 0.000000182. The molecule has 0 saturated heterocycles. The van der Waals surface area contributed by atoms with Crippen LogP contribution < -0.4 is 9.47 Å². The summed E-state index contributed by atoms with van der Waals surface area (Å²) in [6.07, 6.45) is 3.93. The highest BCUT2D eigenvalue weighted by atomic mass is 79.9. The van der Waals surface area contributed by atoms with Crippen LogP contribution in [0.2, 0.25) is 0 Å². The van der Waals surface area contributed by atoms with Crippen molar-refractivity contribution < 1.29 is 18.9 Å². The summed E-state index contributed by atoms with van der Waals surface area (Å²) in [7, 11) is 3.32. The van der Waals surface area contributed by atoms with Gasteiger partial charge in [0.05, 0.1) is 26.4 Å². The fourth-order valence-electron chi connectivity index (χ4n) is 4.63. The topological polar surface area (TPSA) is 66.4 Å². The summed E-state index contributed by atoms with van der Waals surface area (Å²) in [6.45, 7) is 17.1. The number of benzene rings is 4. The molecule has 1 N–H and O–H groups in total. The Morgan fingerprint density at radius 1 is 0.673 bits per heavy atom. The summed E-state index contributed by atoms with van der Waals surface area (Å²) < 4.78 is 25.0. The Morgan fingerprint density at radius 3 is 1.78 bits per heavy atom. The summed E-state index contributed by atoms with van der Waals surface area (Å²) in [5.74, 6) is 1.73. The predicted octanol–water partition coefficient (Wildman–Crippen LogP) is 11.1. The molecule has 6 aromatic rings. The number of nitrogens with zero attached hydrogens (tertiary/aromatic N) is 3. The highest BCUT2D eigenvalue weighted by molar-refractivity contribution is 9.11. The van der Waals surface area contributed by atoms with Crippen molar-refractivity contribution in [1.82, 2.24) is 9.55 Å². The van der Waals surface area contributed by atoms with Gasteiger partial charge < -0.3 is 28.5 Å². The van der Waals surface area contributed by atoms with Gasteiger partial charge in [0.25, 0.3) is 0 Å². The standard InChI is InChI=1S/C19H17BrN2O2.C10H13BrO2.C9H5BrN2/c1-21-15-5-8-19-17(11-15)18(20)13-22(19)12-14-3-6-16(7-4-14)24-10-9-23-2;1-12-6-7-13-10-4-2-9(8-11)3-5-10;1-11-6-2-3-9-7(4-6)8(10)5-12-9/h3-8,11,13H,9-10,12H2,2H3;2-5H,6-8H2,1H3;2-5,12H. The minimum atomic E-state index is 0.550. The lowest BCUT2D eigenvalue weighted by Gasteiger charge is -2.08. The zero-order valence-corrected chi connectivity index (χ0v) is 31.8. The maximum absolute atomic E-state index is 7.14. The number of aromatic amines is 1. The number of H-pyrrole nitrogens is 1. The van der Waals surface area contributed by atoms with Crippen LogP contribution in [0.4, 0.5) is 11.4 Å². The zero-order valence-electron chi connectivity index (χ0n) is 27.1. The molecule has 8 nitrogen and oxygen atoms in total. The highest BCUT2D eigenvalue weighted by Gasteiger charge is 2.08. The van der Waals surface area contributed by atoms with Crippen LogP contribution in [0.1, 0.15) is 11.1 Å². The fraction of sp³-hybridized carbons (Fsp3) is 0.211. The first-order chi connectivity index (χ1) is 23.9. The van der Waals surface area contributed by atoms with Crippen LogP contribution in [0.3, 0.4) is 0 Å². The molecule has 0 aliphatic carbocycles. The van der Waals surface area contributed by atoms with Gasteiger partial charge in [0.2, 0.25) is 0 Å². The number of hydrogen-bond acceptors (Lipinski definition) is 4. The van der Waals surface area contributed by atoms with Crippen LogP contribution >= 0.6 is 47.8 Å². The Hall–Kier alpha value is -4.10. The molecule has 0 amide bonds. The lowest BCUT2D eigenvalue weighted by Crippen LogP contribution is -2.04. The van der Waals surface area contributed by atoms with E-state index in [9.17, 15) is 0 Å². The number of aromatic nitrogens is 2. The van der Waals surface area contributed by atoms with Gasteiger partial charge in [-0.05, 0) is 91.5 Å². The van der Waals surface area contributed by atoms with E-state index in [2.05, 4.69) is 85.4 Å². The molecule has 49 heavy (non-hydrogen) atoms. The fourth-order valence-corrected chi connectivity index (χ4v) is 6.02. The third-order valence-electron chi connectivity index (χ3n) is 7.16. The molecule has 0 saturated carbocycles. The highest BCUT2D eigenvalue weighted by Crippen LogP contribution is 2.31. The van der Waals surface area contributed by atoms with Crippen molar-refractivity contribution in [1.29, 1.82) is 0 Å². The molecular formula is C38H35Br3N4O4. The minimum Gasteiger partial charge on any atom is -0.491 e. The van der Waals surface area contributed by atoms with E-state index in [1.54, 1.807) is 20.3 Å². The quantitative estimate of drug-likeness (QED) is 0.0801. The van der Waals surface area contributed by atoms with Crippen molar-refractivity contribution in [3.8, 4) is 11.5 Å². The first kappa shape index (κ1) is 37.7. The Labute approximate surface area is 312 Å². The van der Waals surface area contributed by atoms with E-state index >= 15 is 0 Å². The SMILES string of the molecule is COCCOc1ccc(CBr)cc1.[C-]#[N+]c1ccc2[nH]cc(Br)c2c1.[C-]#[N+]c1ccc2c(c1)c(Br)cn2Cc1ccc(OCCOC)cc1. The number of ether oxygens (including phenoxy) is 4. The average molecular weight is 851 g/mol. The van der Waals surface area contributed by atoms with Crippen LogP contribution in [0, 0.1) is 13.1 Å². The van der Waals surface area contributed by atoms with Gasteiger partial charge in [0.1, 0.15) is 24.7 Å². The van der Waals surface area contributed by atoms with E-state index in [0.717, 1.165) is 54.1 Å². The molecule has 252 valence electrons. The second kappa shape index (κ2) is 19.8. The summed E-state index contributed by atoms with van der Waals surface area (Å²) >= 11 is 10.4. The maximum atomic E-state index is 7.14. The van der Waals surface area contributed by atoms with Gasteiger partial charge in [-0.25, -0.2) is 9.69 Å². The summed E-state index contributed by atoms with van der Waals surface area (Å²) in [5.41, 5.74) is 5.91. The summed E-state index contributed by atoms with van der Waals surface area (Å²) in [5, 5.41) is 3.00. The molecule has 0 bridgehead atoms. The molecule has 0 atom stereocenters. The number of methoxy groups -OCH3 is 2. The van der Waals surface area contributed by atoms with Gasteiger partial charge in [0.15, 0.2) is 11.4 Å². The molecule has 2 heterocycles. The van der Waals surface area contributed by atoms with Crippen LogP contribution in [-0.4, -0.2) is 50.2 Å². The predicted molar refractivity (Wildman–Crippen MR) is 208 cm³/mol. The third kappa shape index (κ3) is 11.2. The monoisotopic (exact) mass is 848 g/mol. The zero-order chi connectivity index (χ0) is 35.0. The molecule has 0 unspecified atom stereocenters. The molecule has 0 aliphatic rings. The van der Waals surface area contributed by atoms with Gasteiger partial charge in [-0.3, -0.25) is 0 Å². The normalized spacial score (nSPS) is 10.3. The van der Waals surface area contributed by atoms with Crippen LogP contribution in [0.5, 0.6) is 11.5 Å². The van der Waals surface area contributed by atoms with E-state index in [4.69, 9.17) is 32.1 Å². The second-order valence-corrected chi connectivity index (χ2v) is 12.8. The summed E-state index contributed by atoms with van der Waals surface area (Å²) in [6, 6.07) is 27.4. The van der Waals surface area contributed by atoms with Crippen LogP contribution in [0.25, 0.3) is 31.5 Å². The van der Waals surface area contributed by atoms with E-state index in [1.165, 1.54) is 11.1 Å². The number of nitrogens with one attached hydrogen (secondary N) is 1. The van der Waals surface area contributed by atoms with Crippen molar-refractivity contribution in [2.45, 2.75) is 11.9 Å². The minimum absolute atomic E-state index is 0.550. The molecule has 6 rings (SSSR count). The van der Waals surface area contributed by atoms with Gasteiger partial charge in [-0.15, -0.1) is 0 Å². The van der Waals surface area contributed by atoms with Gasteiger partial charge >= 0.3 is 0 Å². The molecule has 0 aliphatic heterocycles. The molecular weight excluding hydrogens is 816 g/mol. The number of hydrogen-bond donors (Lipinski definition) is 1. The molecule has 11 heteroatoms. The number of alkyl halides is 1. The van der Waals surface area contributed by atoms with Crippen molar-refractivity contribution in [3.05, 3.63) is 140 Å². The van der Waals surface area contributed by atoms with Gasteiger partial charge in [-0.1, -0.05) is 52.3 Å². The third-order valence-corrected chi connectivity index (χ3v) is 9.09. The Bertz CT molecular complexity index is 2010. The Kier molecular flexibility index (Phi) is 15.2. The molecule has 0 radical (unpaired) electrons. The molecule has 0 fully saturated rings. The van der Waals surface area contributed by atoms with Crippen molar-refractivity contribution in [3.63, 3.8) is 0 Å². The average Bonchev–Trinajstić information content (AvgIpc) is 3.67. The van der Waals surface area contributed by atoms with Crippen LogP contribution in [0.15, 0.2) is 106 Å². The lowest BCUT2D eigenvalue weighted by atomic mass is 10.2. The van der Waals surface area contributed by atoms with E-state index in [1.807, 2.05) is 72.9 Å². The molecule has 2 aromatic heterocycles. The van der Waals surface area contributed by atoms with E-state index < -0.39 is 0 Å². The lowest BCUT2D eigenvalue weighted by molar-refractivity contribution is 0.146. The first-order valence-corrected chi connectivity index (χ1v) is 17.9. The first-order valence-electron chi connectivity index (χ1n) is 15.2. The van der Waals surface area contributed by atoms with E-state index in [-0.39, 0.29) is 0 Å². The number of halogens is 3. The van der Waals surface area contributed by atoms with Crippen molar-refractivity contribution in [2.24, 2.45) is 0 Å². The van der Waals surface area contributed by atoms with Crippen molar-refractivity contribution >= 4 is 81.0 Å². The Morgan fingerprint density at radius 2 is 1.22 bits per heavy atom. The van der Waals surface area contributed by atoms with E-state index in [0.29, 0.717) is 37.8 Å². The molecule has 0 spiro atoms. The summed E-state index contributed by atoms with van der Waals surface area (Å²) in [4.78, 5) is 9.94.